The Morgan fingerprint density at radius 2 is 2.38 bits per heavy atom. The van der Waals surface area contributed by atoms with E-state index in [1.54, 1.807) is 6.20 Å². The number of hydrogen-bond acceptors (Lipinski definition) is 5. The molecular formula is C7H12N2O2S2. The molecule has 4 nitrogen and oxygen atoms in total. The highest BCUT2D eigenvalue weighted by molar-refractivity contribution is 7.90. The summed E-state index contributed by atoms with van der Waals surface area (Å²) in [7, 11) is -2.82. The van der Waals surface area contributed by atoms with E-state index in [9.17, 15) is 8.42 Å². The summed E-state index contributed by atoms with van der Waals surface area (Å²) in [4.78, 5) is 4.01. The van der Waals surface area contributed by atoms with Crippen LogP contribution in [-0.4, -0.2) is 32.0 Å². The highest BCUT2D eigenvalue weighted by Gasteiger charge is 2.01. The molecule has 0 aliphatic heterocycles. The van der Waals surface area contributed by atoms with Crippen LogP contribution in [0.3, 0.4) is 0 Å². The number of nitrogens with one attached hydrogen (secondary N) is 1. The van der Waals surface area contributed by atoms with Crippen molar-refractivity contribution in [1.82, 2.24) is 4.98 Å². The van der Waals surface area contributed by atoms with Crippen LogP contribution in [0.2, 0.25) is 0 Å². The predicted octanol–water partition coefficient (Wildman–Crippen LogP) is 0.990. The fourth-order valence-electron chi connectivity index (χ4n) is 0.840. The van der Waals surface area contributed by atoms with Gasteiger partial charge in [-0.1, -0.05) is 0 Å². The fourth-order valence-corrected chi connectivity index (χ4v) is 2.07. The molecule has 1 N–H and O–H groups in total. The Kier molecular flexibility index (Phi) is 3.68. The molecule has 0 saturated heterocycles. The summed E-state index contributed by atoms with van der Waals surface area (Å²) in [6, 6.07) is 0. The van der Waals surface area contributed by atoms with Gasteiger partial charge in [-0.2, -0.15) is 0 Å². The Balaban J connectivity index is 2.16. The zero-order chi connectivity index (χ0) is 9.73. The van der Waals surface area contributed by atoms with Gasteiger partial charge in [0.25, 0.3) is 0 Å². The maximum absolute atomic E-state index is 10.8. The molecule has 0 aromatic carbocycles. The molecule has 0 spiro atoms. The highest BCUT2D eigenvalue weighted by Crippen LogP contribution is 2.09. The van der Waals surface area contributed by atoms with E-state index in [0.29, 0.717) is 13.0 Å². The van der Waals surface area contributed by atoms with E-state index in [4.69, 9.17) is 0 Å². The number of nitrogens with zero attached hydrogens (tertiary/aromatic N) is 1. The van der Waals surface area contributed by atoms with Gasteiger partial charge in [0.05, 0.1) is 5.75 Å². The van der Waals surface area contributed by atoms with E-state index in [1.165, 1.54) is 17.6 Å². The first kappa shape index (κ1) is 10.5. The normalized spacial score (nSPS) is 11.5. The zero-order valence-electron chi connectivity index (χ0n) is 7.36. The second-order valence-electron chi connectivity index (χ2n) is 2.75. The lowest BCUT2D eigenvalue weighted by Gasteiger charge is -2.00. The molecule has 0 radical (unpaired) electrons. The summed E-state index contributed by atoms with van der Waals surface area (Å²) in [6.07, 6.45) is 3.58. The fraction of sp³-hybridized carbons (Fsp3) is 0.571. The minimum absolute atomic E-state index is 0.228. The predicted molar refractivity (Wildman–Crippen MR) is 54.9 cm³/mol. The van der Waals surface area contributed by atoms with Gasteiger partial charge < -0.3 is 5.32 Å². The molecule has 0 bridgehead atoms. The topological polar surface area (TPSA) is 59.1 Å². The van der Waals surface area contributed by atoms with Crippen LogP contribution in [0.1, 0.15) is 6.42 Å². The van der Waals surface area contributed by atoms with Crippen LogP contribution in [0.5, 0.6) is 0 Å². The average Bonchev–Trinajstić information content (AvgIpc) is 2.48. The Morgan fingerprint density at radius 1 is 1.62 bits per heavy atom. The Hall–Kier alpha value is -0.620. The van der Waals surface area contributed by atoms with Crippen LogP contribution in [0.25, 0.3) is 0 Å². The molecule has 1 rings (SSSR count). The van der Waals surface area contributed by atoms with E-state index in [1.807, 2.05) is 5.38 Å². The highest BCUT2D eigenvalue weighted by atomic mass is 32.2. The summed E-state index contributed by atoms with van der Waals surface area (Å²) >= 11 is 1.51. The number of thiazole rings is 1. The third-order valence-electron chi connectivity index (χ3n) is 1.40. The molecule has 74 valence electrons. The minimum Gasteiger partial charge on any atom is -0.361 e. The molecule has 0 atom stereocenters. The van der Waals surface area contributed by atoms with Gasteiger partial charge in [0, 0.05) is 24.4 Å². The smallest absolute Gasteiger partial charge is 0.182 e. The van der Waals surface area contributed by atoms with Crippen molar-refractivity contribution in [2.24, 2.45) is 0 Å². The molecule has 13 heavy (non-hydrogen) atoms. The van der Waals surface area contributed by atoms with Crippen molar-refractivity contribution in [1.29, 1.82) is 0 Å². The number of sulfone groups is 1. The molecule has 0 aliphatic carbocycles. The molecule has 0 aliphatic rings. The Morgan fingerprint density at radius 3 is 2.92 bits per heavy atom. The van der Waals surface area contributed by atoms with Gasteiger partial charge in [-0.25, -0.2) is 13.4 Å². The monoisotopic (exact) mass is 220 g/mol. The van der Waals surface area contributed by atoms with Crippen LogP contribution in [-0.2, 0) is 9.84 Å². The summed E-state index contributed by atoms with van der Waals surface area (Å²) in [6.45, 7) is 0.653. The maximum atomic E-state index is 10.8. The summed E-state index contributed by atoms with van der Waals surface area (Å²) in [5.41, 5.74) is 0. The van der Waals surface area contributed by atoms with Gasteiger partial charge in [-0.3, -0.25) is 0 Å². The van der Waals surface area contributed by atoms with E-state index in [-0.39, 0.29) is 5.75 Å². The van der Waals surface area contributed by atoms with E-state index in [2.05, 4.69) is 10.3 Å². The van der Waals surface area contributed by atoms with Crippen LogP contribution in [0.4, 0.5) is 5.13 Å². The molecular weight excluding hydrogens is 208 g/mol. The molecule has 0 amide bonds. The van der Waals surface area contributed by atoms with Crippen LogP contribution < -0.4 is 5.32 Å². The van der Waals surface area contributed by atoms with Gasteiger partial charge >= 0.3 is 0 Å². The molecule has 0 saturated carbocycles. The van der Waals surface area contributed by atoms with Crippen molar-refractivity contribution in [2.75, 3.05) is 23.9 Å². The van der Waals surface area contributed by atoms with Crippen molar-refractivity contribution in [3.63, 3.8) is 0 Å². The number of hydrogen-bond donors (Lipinski definition) is 1. The van der Waals surface area contributed by atoms with Crippen LogP contribution in [0, 0.1) is 0 Å². The van der Waals surface area contributed by atoms with Crippen molar-refractivity contribution in [3.05, 3.63) is 11.6 Å². The zero-order valence-corrected chi connectivity index (χ0v) is 8.99. The van der Waals surface area contributed by atoms with Gasteiger partial charge in [-0.15, -0.1) is 11.3 Å². The third kappa shape index (κ3) is 4.84. The summed E-state index contributed by atoms with van der Waals surface area (Å²) in [5.74, 6) is 0.228. The van der Waals surface area contributed by atoms with E-state index >= 15 is 0 Å². The van der Waals surface area contributed by atoms with Crippen molar-refractivity contribution >= 4 is 26.3 Å². The lowest BCUT2D eigenvalue weighted by Crippen LogP contribution is -2.09. The summed E-state index contributed by atoms with van der Waals surface area (Å²) < 4.78 is 21.5. The molecule has 0 fully saturated rings. The lowest BCUT2D eigenvalue weighted by atomic mass is 10.5. The second-order valence-corrected chi connectivity index (χ2v) is 5.90. The quantitative estimate of drug-likeness (QED) is 0.752. The molecule has 1 heterocycles. The Labute approximate surface area is 81.9 Å². The van der Waals surface area contributed by atoms with Gasteiger partial charge in [0.15, 0.2) is 5.13 Å². The lowest BCUT2D eigenvalue weighted by molar-refractivity contribution is 0.600. The molecule has 0 unspecified atom stereocenters. The average molecular weight is 220 g/mol. The number of anilines is 1. The van der Waals surface area contributed by atoms with Crippen molar-refractivity contribution in [3.8, 4) is 0 Å². The van der Waals surface area contributed by atoms with E-state index in [0.717, 1.165) is 5.13 Å². The molecule has 1 aromatic heterocycles. The maximum Gasteiger partial charge on any atom is 0.182 e. The number of aromatic nitrogens is 1. The van der Waals surface area contributed by atoms with Gasteiger partial charge in [-0.05, 0) is 6.42 Å². The Bertz CT molecular complexity index is 331. The molecule has 6 heteroatoms. The van der Waals surface area contributed by atoms with Crippen molar-refractivity contribution < 1.29 is 8.42 Å². The number of rotatable bonds is 5. The first-order valence-corrected chi connectivity index (χ1v) is 6.83. The first-order valence-electron chi connectivity index (χ1n) is 3.89. The van der Waals surface area contributed by atoms with Crippen molar-refractivity contribution in [2.45, 2.75) is 6.42 Å². The van der Waals surface area contributed by atoms with Crippen LogP contribution in [0.15, 0.2) is 11.6 Å². The second kappa shape index (κ2) is 4.57. The minimum atomic E-state index is -2.82. The third-order valence-corrected chi connectivity index (χ3v) is 3.16. The SMILES string of the molecule is CS(=O)(=O)CCCNc1nccs1. The van der Waals surface area contributed by atoms with Gasteiger partial charge in [0.1, 0.15) is 9.84 Å². The first-order chi connectivity index (χ1) is 6.08. The standard InChI is InChI=1S/C7H12N2O2S2/c1-13(10,11)6-2-3-8-7-9-4-5-12-7/h4-5H,2-3,6H2,1H3,(H,8,9). The van der Waals surface area contributed by atoms with E-state index < -0.39 is 9.84 Å². The summed E-state index contributed by atoms with van der Waals surface area (Å²) in [5, 5.41) is 5.76. The van der Waals surface area contributed by atoms with Gasteiger partial charge in [0.2, 0.25) is 0 Å². The van der Waals surface area contributed by atoms with Crippen LogP contribution >= 0.6 is 11.3 Å². The molecule has 1 aromatic rings. The largest absolute Gasteiger partial charge is 0.361 e.